The normalized spacial score (nSPS) is 15.9. The number of benzene rings is 2. The Hall–Kier alpha value is -3.10. The molecular formula is C24H22N2O4S2. The van der Waals surface area contributed by atoms with Gasteiger partial charge in [-0.15, -0.1) is 23.1 Å². The van der Waals surface area contributed by atoms with Gasteiger partial charge in [-0.1, -0.05) is 35.9 Å². The third-order valence-corrected chi connectivity index (χ3v) is 7.20. The number of hydrogen-bond acceptors (Lipinski definition) is 7. The van der Waals surface area contributed by atoms with E-state index in [1.807, 2.05) is 43.3 Å². The van der Waals surface area contributed by atoms with Crippen molar-refractivity contribution < 1.29 is 19.1 Å². The summed E-state index contributed by atoms with van der Waals surface area (Å²) in [5, 5.41) is 1.53. The predicted octanol–water partition coefficient (Wildman–Crippen LogP) is 4.91. The Morgan fingerprint density at radius 2 is 1.97 bits per heavy atom. The number of imide groups is 1. The van der Waals surface area contributed by atoms with Crippen LogP contribution in [0, 0.1) is 6.92 Å². The molecule has 1 aromatic heterocycles. The summed E-state index contributed by atoms with van der Waals surface area (Å²) in [6.07, 6.45) is 0.0539. The Balaban J connectivity index is 1.70. The van der Waals surface area contributed by atoms with Crippen LogP contribution in [0.25, 0.3) is 11.1 Å². The molecule has 0 aliphatic carbocycles. The van der Waals surface area contributed by atoms with Gasteiger partial charge in [-0.05, 0) is 37.6 Å². The largest absolute Gasteiger partial charge is 0.462 e. The number of esters is 1. The van der Waals surface area contributed by atoms with E-state index in [2.05, 4.69) is 0 Å². The van der Waals surface area contributed by atoms with Crippen molar-refractivity contribution in [3.8, 4) is 11.1 Å². The molecule has 1 unspecified atom stereocenters. The number of nitrogens with zero attached hydrogens (tertiary/aromatic N) is 1. The first-order valence-corrected chi connectivity index (χ1v) is 11.9. The Morgan fingerprint density at radius 1 is 1.22 bits per heavy atom. The molecule has 32 heavy (non-hydrogen) atoms. The minimum Gasteiger partial charge on any atom is -0.462 e. The van der Waals surface area contributed by atoms with Gasteiger partial charge in [0, 0.05) is 27.9 Å². The Bertz CT molecular complexity index is 1190. The van der Waals surface area contributed by atoms with E-state index in [9.17, 15) is 14.4 Å². The van der Waals surface area contributed by atoms with Crippen LogP contribution in [-0.4, -0.2) is 29.6 Å². The predicted molar refractivity (Wildman–Crippen MR) is 128 cm³/mol. The number of thiophene rings is 1. The van der Waals surface area contributed by atoms with E-state index in [1.54, 1.807) is 24.4 Å². The molecule has 1 aliphatic rings. The fourth-order valence-electron chi connectivity index (χ4n) is 3.52. The number of thioether (sulfide) groups is 1. The van der Waals surface area contributed by atoms with Crippen molar-refractivity contribution >= 4 is 51.6 Å². The minimum atomic E-state index is -0.579. The highest BCUT2D eigenvalue weighted by molar-refractivity contribution is 8.00. The molecule has 2 heterocycles. The number of amides is 2. The number of nitrogens with two attached hydrogens (primary N) is 1. The molecule has 1 fully saturated rings. The smallest absolute Gasteiger partial charge is 0.341 e. The first-order valence-electron chi connectivity index (χ1n) is 10.1. The van der Waals surface area contributed by atoms with Crippen LogP contribution < -0.4 is 10.6 Å². The molecule has 0 bridgehead atoms. The van der Waals surface area contributed by atoms with Crippen molar-refractivity contribution in [2.75, 3.05) is 17.2 Å². The summed E-state index contributed by atoms with van der Waals surface area (Å²) in [6, 6.07) is 14.9. The van der Waals surface area contributed by atoms with Gasteiger partial charge in [-0.25, -0.2) is 9.69 Å². The number of carbonyl (C=O) groups excluding carboxylic acids is 3. The molecule has 3 aromatic rings. The van der Waals surface area contributed by atoms with Gasteiger partial charge in [0.05, 0.1) is 11.9 Å². The Morgan fingerprint density at radius 3 is 2.66 bits per heavy atom. The lowest BCUT2D eigenvalue weighted by Crippen LogP contribution is -2.31. The van der Waals surface area contributed by atoms with Crippen LogP contribution in [-0.2, 0) is 14.3 Å². The summed E-state index contributed by atoms with van der Waals surface area (Å²) in [5.74, 6) is -1.23. The van der Waals surface area contributed by atoms with Crippen molar-refractivity contribution in [1.29, 1.82) is 0 Å². The van der Waals surface area contributed by atoms with Crippen molar-refractivity contribution in [2.24, 2.45) is 0 Å². The highest BCUT2D eigenvalue weighted by Crippen LogP contribution is 2.42. The number of aryl methyl sites for hydroxylation is 1. The fourth-order valence-corrected chi connectivity index (χ4v) is 5.73. The van der Waals surface area contributed by atoms with Gasteiger partial charge in [0.2, 0.25) is 11.8 Å². The molecule has 1 atom stereocenters. The molecule has 8 heteroatoms. The van der Waals surface area contributed by atoms with Crippen LogP contribution in [0.5, 0.6) is 0 Å². The SMILES string of the molecule is CCOC(=O)c1c(-c2ccc(C)cc2)csc1N1C(=O)CC(Sc2cccc(N)c2)C1=O. The summed E-state index contributed by atoms with van der Waals surface area (Å²) in [6.45, 7) is 3.89. The van der Waals surface area contributed by atoms with Crippen LogP contribution in [0.3, 0.4) is 0 Å². The lowest BCUT2D eigenvalue weighted by molar-refractivity contribution is -0.121. The van der Waals surface area contributed by atoms with Crippen LogP contribution in [0.1, 0.15) is 29.3 Å². The summed E-state index contributed by atoms with van der Waals surface area (Å²) >= 11 is 2.50. The molecule has 0 radical (unpaired) electrons. The van der Waals surface area contributed by atoms with E-state index in [1.165, 1.54) is 23.1 Å². The van der Waals surface area contributed by atoms with Crippen molar-refractivity contribution in [3.63, 3.8) is 0 Å². The summed E-state index contributed by atoms with van der Waals surface area (Å²) in [7, 11) is 0. The molecule has 0 spiro atoms. The second kappa shape index (κ2) is 9.18. The molecular weight excluding hydrogens is 444 g/mol. The first-order chi connectivity index (χ1) is 15.4. The highest BCUT2D eigenvalue weighted by Gasteiger charge is 2.43. The van der Waals surface area contributed by atoms with Crippen molar-refractivity contribution in [2.45, 2.75) is 30.4 Å². The second-order valence-corrected chi connectivity index (χ2v) is 9.50. The summed E-state index contributed by atoms with van der Waals surface area (Å²) in [4.78, 5) is 41.0. The Kier molecular flexibility index (Phi) is 6.34. The number of carbonyl (C=O) groups is 3. The number of ether oxygens (including phenoxy) is 1. The van der Waals surface area contributed by atoms with Crippen LogP contribution in [0.15, 0.2) is 58.8 Å². The summed E-state index contributed by atoms with van der Waals surface area (Å²) < 4.78 is 5.28. The van der Waals surface area contributed by atoms with E-state index < -0.39 is 11.2 Å². The molecule has 164 valence electrons. The van der Waals surface area contributed by atoms with Crippen LogP contribution >= 0.6 is 23.1 Å². The van der Waals surface area contributed by atoms with Crippen LogP contribution in [0.2, 0.25) is 0 Å². The third kappa shape index (κ3) is 4.28. The first kappa shape index (κ1) is 22.1. The highest BCUT2D eigenvalue weighted by atomic mass is 32.2. The van der Waals surface area contributed by atoms with Gasteiger partial charge < -0.3 is 10.5 Å². The quantitative estimate of drug-likeness (QED) is 0.316. The van der Waals surface area contributed by atoms with Gasteiger partial charge in [0.15, 0.2) is 0 Å². The number of hydrogen-bond donors (Lipinski definition) is 1. The molecule has 6 nitrogen and oxygen atoms in total. The molecule has 0 saturated carbocycles. The molecule has 2 aromatic carbocycles. The van der Waals surface area contributed by atoms with Crippen LogP contribution in [0.4, 0.5) is 10.7 Å². The van der Waals surface area contributed by atoms with E-state index in [4.69, 9.17) is 10.5 Å². The minimum absolute atomic E-state index is 0.0539. The van der Waals surface area contributed by atoms with Crippen molar-refractivity contribution in [3.05, 3.63) is 65.0 Å². The lowest BCUT2D eigenvalue weighted by atomic mass is 10.0. The number of nitrogen functional groups attached to an aromatic ring is 1. The topological polar surface area (TPSA) is 89.7 Å². The summed E-state index contributed by atoms with van der Waals surface area (Å²) in [5.41, 5.74) is 9.24. The zero-order chi connectivity index (χ0) is 22.8. The molecule has 4 rings (SSSR count). The average molecular weight is 467 g/mol. The van der Waals surface area contributed by atoms with Gasteiger partial charge in [-0.3, -0.25) is 9.59 Å². The Labute approximate surface area is 194 Å². The van der Waals surface area contributed by atoms with Gasteiger partial charge in [0.1, 0.15) is 10.6 Å². The second-order valence-electron chi connectivity index (χ2n) is 7.37. The number of anilines is 2. The maximum absolute atomic E-state index is 13.2. The molecule has 1 saturated heterocycles. The molecule has 1 aliphatic heterocycles. The maximum Gasteiger partial charge on any atom is 0.341 e. The van der Waals surface area contributed by atoms with Gasteiger partial charge >= 0.3 is 5.97 Å². The van der Waals surface area contributed by atoms with E-state index in [0.717, 1.165) is 20.9 Å². The standard InChI is InChI=1S/C24H22N2O4S2/c1-3-30-24(29)21-18(15-9-7-14(2)8-10-15)13-31-23(21)26-20(27)12-19(22(26)28)32-17-6-4-5-16(25)11-17/h4-11,13,19H,3,12,25H2,1-2H3. The van der Waals surface area contributed by atoms with E-state index in [0.29, 0.717) is 16.3 Å². The van der Waals surface area contributed by atoms with E-state index in [-0.39, 0.29) is 30.4 Å². The maximum atomic E-state index is 13.2. The number of rotatable bonds is 6. The van der Waals surface area contributed by atoms with E-state index >= 15 is 0 Å². The molecule has 2 N–H and O–H groups in total. The fraction of sp³-hybridized carbons (Fsp3) is 0.208. The monoisotopic (exact) mass is 466 g/mol. The lowest BCUT2D eigenvalue weighted by Gasteiger charge is -2.16. The zero-order valence-corrected chi connectivity index (χ0v) is 19.3. The zero-order valence-electron chi connectivity index (χ0n) is 17.7. The average Bonchev–Trinajstić information content (AvgIpc) is 3.29. The van der Waals surface area contributed by atoms with Gasteiger partial charge in [-0.2, -0.15) is 0 Å². The molecule has 2 amide bonds. The van der Waals surface area contributed by atoms with Crippen molar-refractivity contribution in [1.82, 2.24) is 0 Å². The third-order valence-electron chi connectivity index (χ3n) is 5.06. The van der Waals surface area contributed by atoms with Gasteiger partial charge in [0.25, 0.3) is 0 Å².